The maximum Gasteiger partial charge on any atom is 0.106 e. The van der Waals surface area contributed by atoms with Crippen molar-refractivity contribution in [2.45, 2.75) is 44.5 Å². The van der Waals surface area contributed by atoms with Gasteiger partial charge in [0, 0.05) is 5.92 Å². The van der Waals surface area contributed by atoms with Gasteiger partial charge in [-0.05, 0) is 48.7 Å². The van der Waals surface area contributed by atoms with Crippen molar-refractivity contribution in [3.05, 3.63) is 23.8 Å². The molecule has 18 heavy (non-hydrogen) atoms. The van der Waals surface area contributed by atoms with Crippen molar-refractivity contribution < 1.29 is 15.3 Å². The second-order valence-corrected chi connectivity index (χ2v) is 6.48. The van der Waals surface area contributed by atoms with Gasteiger partial charge in [-0.15, -0.1) is 0 Å². The maximum atomic E-state index is 10.5. The van der Waals surface area contributed by atoms with E-state index in [9.17, 15) is 15.3 Å². The van der Waals surface area contributed by atoms with Crippen LogP contribution in [-0.2, 0) is 0 Å². The van der Waals surface area contributed by atoms with E-state index in [1.807, 2.05) is 0 Å². The lowest BCUT2D eigenvalue weighted by Crippen LogP contribution is -2.37. The summed E-state index contributed by atoms with van der Waals surface area (Å²) in [6, 6.07) is 0. The summed E-state index contributed by atoms with van der Waals surface area (Å²) in [6.45, 7) is 7.72. The average molecular weight is 250 g/mol. The van der Waals surface area contributed by atoms with Crippen molar-refractivity contribution in [2.75, 3.05) is 0 Å². The third kappa shape index (κ3) is 1.35. The van der Waals surface area contributed by atoms with E-state index in [1.165, 1.54) is 0 Å². The first-order valence-corrected chi connectivity index (χ1v) is 6.84. The molecule has 0 amide bonds. The molecule has 0 bridgehead atoms. The molecule has 2 fully saturated rings. The Morgan fingerprint density at radius 3 is 2.72 bits per heavy atom. The Morgan fingerprint density at radius 1 is 1.39 bits per heavy atom. The topological polar surface area (TPSA) is 60.7 Å². The molecule has 0 aromatic heterocycles. The maximum absolute atomic E-state index is 10.5. The zero-order valence-corrected chi connectivity index (χ0v) is 11.0. The summed E-state index contributed by atoms with van der Waals surface area (Å²) in [4.78, 5) is 0. The summed E-state index contributed by atoms with van der Waals surface area (Å²) < 4.78 is 0. The quantitative estimate of drug-likeness (QED) is 0.567. The molecule has 0 saturated heterocycles. The predicted molar refractivity (Wildman–Crippen MR) is 68.7 cm³/mol. The smallest absolute Gasteiger partial charge is 0.106 e. The highest BCUT2D eigenvalue weighted by molar-refractivity contribution is 5.44. The Kier molecular flexibility index (Phi) is 2.54. The Labute approximate surface area is 108 Å². The average Bonchev–Trinajstić information content (AvgIpc) is 2.69. The fourth-order valence-corrected chi connectivity index (χ4v) is 4.47. The molecule has 3 nitrogen and oxygen atoms in total. The molecule has 3 aliphatic carbocycles. The largest absolute Gasteiger partial charge is 0.393 e. The number of fused-ring (bicyclic) bond motifs is 3. The lowest BCUT2D eigenvalue weighted by Gasteiger charge is -2.36. The first kappa shape index (κ1) is 12.4. The predicted octanol–water partition coefficient (Wildman–Crippen LogP) is 1.25. The van der Waals surface area contributed by atoms with Gasteiger partial charge in [-0.3, -0.25) is 0 Å². The molecule has 0 heterocycles. The molecule has 3 aliphatic rings. The highest BCUT2D eigenvalue weighted by Crippen LogP contribution is 2.56. The molecule has 0 spiro atoms. The number of aliphatic hydroxyl groups is 3. The second-order valence-electron chi connectivity index (χ2n) is 6.48. The number of aliphatic hydroxyl groups excluding tert-OH is 2. The van der Waals surface area contributed by atoms with Crippen molar-refractivity contribution in [1.29, 1.82) is 0 Å². The van der Waals surface area contributed by atoms with Gasteiger partial charge in [-0.2, -0.15) is 0 Å². The molecule has 100 valence electrons. The second kappa shape index (κ2) is 3.69. The van der Waals surface area contributed by atoms with E-state index in [0.717, 1.165) is 18.4 Å². The van der Waals surface area contributed by atoms with Crippen LogP contribution in [0.3, 0.4) is 0 Å². The van der Waals surface area contributed by atoms with E-state index in [1.54, 1.807) is 6.92 Å². The molecule has 7 atom stereocenters. The molecule has 3 rings (SSSR count). The van der Waals surface area contributed by atoms with Gasteiger partial charge in [0.05, 0.1) is 12.2 Å². The van der Waals surface area contributed by atoms with E-state index >= 15 is 0 Å². The summed E-state index contributed by atoms with van der Waals surface area (Å²) in [6.07, 6.45) is 2.68. The lowest BCUT2D eigenvalue weighted by molar-refractivity contribution is 0.0404. The number of rotatable bonds is 0. The summed E-state index contributed by atoms with van der Waals surface area (Å²) in [5.41, 5.74) is 0.237. The van der Waals surface area contributed by atoms with Gasteiger partial charge in [0.1, 0.15) is 5.60 Å². The SMILES string of the molecule is C=C1[C@@H](O)[C@@H]2C(=CC[C@H]3[C@@H]2[C@@H](O)C[C@@H]3C)[C@@]1(C)O. The van der Waals surface area contributed by atoms with E-state index in [-0.39, 0.29) is 17.9 Å². The van der Waals surface area contributed by atoms with Gasteiger partial charge >= 0.3 is 0 Å². The van der Waals surface area contributed by atoms with Crippen LogP contribution in [0, 0.1) is 23.7 Å². The van der Waals surface area contributed by atoms with E-state index < -0.39 is 11.7 Å². The Morgan fingerprint density at radius 2 is 2.06 bits per heavy atom. The van der Waals surface area contributed by atoms with Gasteiger partial charge < -0.3 is 15.3 Å². The summed E-state index contributed by atoms with van der Waals surface area (Å²) in [5, 5.41) is 31.1. The monoisotopic (exact) mass is 250 g/mol. The first-order chi connectivity index (χ1) is 8.35. The first-order valence-electron chi connectivity index (χ1n) is 6.84. The van der Waals surface area contributed by atoms with Crippen LogP contribution in [-0.4, -0.2) is 33.1 Å². The molecular weight excluding hydrogens is 228 g/mol. The molecule has 0 radical (unpaired) electrons. The van der Waals surface area contributed by atoms with Crippen molar-refractivity contribution >= 4 is 0 Å². The van der Waals surface area contributed by atoms with Crippen LogP contribution in [0.1, 0.15) is 26.7 Å². The Bertz CT molecular complexity index is 423. The number of hydrogen-bond donors (Lipinski definition) is 3. The molecule has 3 N–H and O–H groups in total. The Hall–Kier alpha value is -0.640. The lowest BCUT2D eigenvalue weighted by atomic mass is 9.70. The minimum absolute atomic E-state index is 0.0701. The Balaban J connectivity index is 2.05. The van der Waals surface area contributed by atoms with Crippen molar-refractivity contribution in [2.24, 2.45) is 23.7 Å². The standard InChI is InChI=1S/C15H22O3/c1-7-6-11(16)12-9(7)4-5-10-13(12)14(17)8(2)15(10,3)18/h5,7,9,11-14,16-18H,2,4,6H2,1,3H3/t7-,9+,11-,12+,13+,14+,15-/m0/s1. The normalized spacial score (nSPS) is 55.2. The zero-order valence-electron chi connectivity index (χ0n) is 11.0. The molecule has 3 heteroatoms. The highest BCUT2D eigenvalue weighted by Gasteiger charge is 2.57. The van der Waals surface area contributed by atoms with Gasteiger partial charge in [-0.1, -0.05) is 19.6 Å². The van der Waals surface area contributed by atoms with E-state index in [2.05, 4.69) is 19.6 Å². The van der Waals surface area contributed by atoms with Crippen LogP contribution < -0.4 is 0 Å². The fraction of sp³-hybridized carbons (Fsp3) is 0.733. The van der Waals surface area contributed by atoms with E-state index in [0.29, 0.717) is 17.4 Å². The summed E-state index contributed by atoms with van der Waals surface area (Å²) in [5.74, 6) is 0.825. The number of hydrogen-bond acceptors (Lipinski definition) is 3. The van der Waals surface area contributed by atoms with Gasteiger partial charge in [-0.25, -0.2) is 0 Å². The minimum Gasteiger partial charge on any atom is -0.393 e. The number of allylic oxidation sites excluding steroid dienone is 1. The van der Waals surface area contributed by atoms with Crippen LogP contribution in [0.5, 0.6) is 0 Å². The van der Waals surface area contributed by atoms with E-state index in [4.69, 9.17) is 0 Å². The van der Waals surface area contributed by atoms with Crippen LogP contribution >= 0.6 is 0 Å². The van der Waals surface area contributed by atoms with Crippen molar-refractivity contribution in [3.8, 4) is 0 Å². The highest BCUT2D eigenvalue weighted by atomic mass is 16.3. The molecule has 0 aromatic carbocycles. The zero-order chi connectivity index (χ0) is 13.2. The van der Waals surface area contributed by atoms with Crippen LogP contribution in [0.2, 0.25) is 0 Å². The third-order valence-electron chi connectivity index (χ3n) is 5.55. The van der Waals surface area contributed by atoms with Gasteiger partial charge in [0.2, 0.25) is 0 Å². The van der Waals surface area contributed by atoms with Crippen LogP contribution in [0.25, 0.3) is 0 Å². The van der Waals surface area contributed by atoms with Gasteiger partial charge in [0.15, 0.2) is 0 Å². The van der Waals surface area contributed by atoms with Crippen LogP contribution in [0.4, 0.5) is 0 Å². The van der Waals surface area contributed by atoms with Crippen molar-refractivity contribution in [1.82, 2.24) is 0 Å². The molecule has 0 aromatic rings. The third-order valence-corrected chi connectivity index (χ3v) is 5.55. The fourth-order valence-electron chi connectivity index (χ4n) is 4.47. The summed E-state index contributed by atoms with van der Waals surface area (Å²) >= 11 is 0. The molecule has 0 unspecified atom stereocenters. The molecule has 2 saturated carbocycles. The molecular formula is C15H22O3. The minimum atomic E-state index is -1.11. The van der Waals surface area contributed by atoms with Crippen LogP contribution in [0.15, 0.2) is 23.8 Å². The summed E-state index contributed by atoms with van der Waals surface area (Å²) in [7, 11) is 0. The molecule has 0 aliphatic heterocycles. The van der Waals surface area contributed by atoms with Crippen molar-refractivity contribution in [3.63, 3.8) is 0 Å². The van der Waals surface area contributed by atoms with Gasteiger partial charge in [0.25, 0.3) is 0 Å².